The fourth-order valence-corrected chi connectivity index (χ4v) is 3.47. The molecule has 25 heavy (non-hydrogen) atoms. The molecule has 0 radical (unpaired) electrons. The van der Waals surface area contributed by atoms with Crippen molar-refractivity contribution in [3.8, 4) is 0 Å². The van der Waals surface area contributed by atoms with E-state index in [1.807, 2.05) is 48.3 Å². The number of fused-ring (bicyclic) bond motifs is 2. The van der Waals surface area contributed by atoms with Crippen LogP contribution in [0.25, 0.3) is 10.9 Å². The van der Waals surface area contributed by atoms with E-state index in [4.69, 9.17) is 0 Å². The minimum Gasteiger partial charge on any atom is -0.349 e. The molecule has 0 fully saturated rings. The van der Waals surface area contributed by atoms with Gasteiger partial charge in [-0.15, -0.1) is 0 Å². The molecule has 1 unspecified atom stereocenters. The average Bonchev–Trinajstić information content (AvgIpc) is 3.03. The molecule has 1 atom stereocenters. The number of hydrogen-bond donors (Lipinski definition) is 1. The number of carbonyl (C=O) groups excluding carboxylic acids is 1. The van der Waals surface area contributed by atoms with Gasteiger partial charge in [0.15, 0.2) is 0 Å². The van der Waals surface area contributed by atoms with Crippen molar-refractivity contribution in [2.75, 3.05) is 0 Å². The summed E-state index contributed by atoms with van der Waals surface area (Å²) in [6, 6.07) is 8.05. The molecule has 1 aromatic carbocycles. The Morgan fingerprint density at radius 1 is 1.32 bits per heavy atom. The zero-order valence-corrected chi connectivity index (χ0v) is 14.3. The van der Waals surface area contributed by atoms with Gasteiger partial charge in [-0.05, 0) is 32.3 Å². The number of carbonyl (C=O) groups is 1. The van der Waals surface area contributed by atoms with Gasteiger partial charge < -0.3 is 5.32 Å². The van der Waals surface area contributed by atoms with Crippen molar-refractivity contribution in [3.05, 3.63) is 53.7 Å². The maximum absolute atomic E-state index is 12.4. The highest BCUT2D eigenvalue weighted by Crippen LogP contribution is 2.28. The van der Waals surface area contributed by atoms with Crippen molar-refractivity contribution in [3.63, 3.8) is 0 Å². The van der Waals surface area contributed by atoms with Gasteiger partial charge in [0.1, 0.15) is 5.82 Å². The van der Waals surface area contributed by atoms with Gasteiger partial charge in [0.2, 0.25) is 5.91 Å². The van der Waals surface area contributed by atoms with Crippen LogP contribution in [0.3, 0.4) is 0 Å². The van der Waals surface area contributed by atoms with Gasteiger partial charge in [-0.25, -0.2) is 9.97 Å². The highest BCUT2D eigenvalue weighted by Gasteiger charge is 2.23. The van der Waals surface area contributed by atoms with E-state index in [9.17, 15) is 4.79 Å². The van der Waals surface area contributed by atoms with E-state index in [2.05, 4.69) is 20.4 Å². The standard InChI is InChI=1S/C19H21N5O/c1-13-20-12-15-16(22-13)6-4-7-17(15)23-19(25)9-10-24-18-8-3-2-5-14(18)11-21-24/h2-3,5,8,11-12,17H,4,6-7,9-10H2,1H3,(H,23,25). The second-order valence-corrected chi connectivity index (χ2v) is 6.51. The van der Waals surface area contributed by atoms with E-state index in [-0.39, 0.29) is 11.9 Å². The number of hydrogen-bond acceptors (Lipinski definition) is 4. The predicted molar refractivity (Wildman–Crippen MR) is 94.9 cm³/mol. The summed E-state index contributed by atoms with van der Waals surface area (Å²) in [5, 5.41) is 8.62. The van der Waals surface area contributed by atoms with Gasteiger partial charge in [0.25, 0.3) is 0 Å². The third kappa shape index (κ3) is 3.24. The van der Waals surface area contributed by atoms with E-state index < -0.39 is 0 Å². The summed E-state index contributed by atoms with van der Waals surface area (Å²) in [5.74, 6) is 0.828. The number of amides is 1. The molecule has 3 aromatic rings. The molecule has 128 valence electrons. The Kier molecular flexibility index (Phi) is 4.17. The van der Waals surface area contributed by atoms with Crippen LogP contribution in [0.5, 0.6) is 0 Å². The van der Waals surface area contributed by atoms with E-state index in [0.717, 1.165) is 47.2 Å². The lowest BCUT2D eigenvalue weighted by molar-refractivity contribution is -0.122. The summed E-state index contributed by atoms with van der Waals surface area (Å²) in [6.07, 6.45) is 7.05. The number of nitrogens with one attached hydrogen (secondary N) is 1. The third-order valence-electron chi connectivity index (χ3n) is 4.74. The molecule has 1 N–H and O–H groups in total. The van der Waals surface area contributed by atoms with E-state index in [1.54, 1.807) is 0 Å². The molecule has 0 saturated heterocycles. The lowest BCUT2D eigenvalue weighted by atomic mass is 9.92. The van der Waals surface area contributed by atoms with E-state index in [0.29, 0.717) is 13.0 Å². The van der Waals surface area contributed by atoms with Gasteiger partial charge in [-0.3, -0.25) is 9.48 Å². The Balaban J connectivity index is 1.42. The molecule has 0 aliphatic heterocycles. The zero-order chi connectivity index (χ0) is 17.2. The quantitative estimate of drug-likeness (QED) is 0.796. The van der Waals surface area contributed by atoms with Crippen LogP contribution < -0.4 is 5.32 Å². The monoisotopic (exact) mass is 335 g/mol. The first-order valence-electron chi connectivity index (χ1n) is 8.73. The van der Waals surface area contributed by atoms with Crippen molar-refractivity contribution in [2.45, 2.75) is 45.2 Å². The molecule has 1 amide bonds. The first-order valence-corrected chi connectivity index (χ1v) is 8.73. The number of nitrogens with zero attached hydrogens (tertiary/aromatic N) is 4. The van der Waals surface area contributed by atoms with Crippen LogP contribution in [0.2, 0.25) is 0 Å². The van der Waals surface area contributed by atoms with E-state index >= 15 is 0 Å². The first kappa shape index (κ1) is 15.7. The predicted octanol–water partition coefficient (Wildman–Crippen LogP) is 2.72. The van der Waals surface area contributed by atoms with E-state index in [1.165, 1.54) is 0 Å². The van der Waals surface area contributed by atoms with Crippen LogP contribution in [0, 0.1) is 6.92 Å². The molecule has 0 saturated carbocycles. The molecule has 2 aromatic heterocycles. The third-order valence-corrected chi connectivity index (χ3v) is 4.74. The van der Waals surface area contributed by atoms with Crippen molar-refractivity contribution < 1.29 is 4.79 Å². The summed E-state index contributed by atoms with van der Waals surface area (Å²) in [7, 11) is 0. The van der Waals surface area contributed by atoms with Crippen LogP contribution in [-0.2, 0) is 17.8 Å². The van der Waals surface area contributed by atoms with Gasteiger partial charge in [0.05, 0.1) is 24.3 Å². The van der Waals surface area contributed by atoms with Crippen LogP contribution >= 0.6 is 0 Å². The SMILES string of the molecule is Cc1ncc2c(n1)CCCC2NC(=O)CCn1ncc2ccccc21. The Morgan fingerprint density at radius 3 is 3.12 bits per heavy atom. The summed E-state index contributed by atoms with van der Waals surface area (Å²) >= 11 is 0. The number of rotatable bonds is 4. The average molecular weight is 335 g/mol. The zero-order valence-electron chi connectivity index (χ0n) is 14.3. The highest BCUT2D eigenvalue weighted by atomic mass is 16.1. The molecule has 0 spiro atoms. The van der Waals surface area contributed by atoms with Crippen molar-refractivity contribution in [2.24, 2.45) is 0 Å². The van der Waals surface area contributed by atoms with Crippen LogP contribution in [0.4, 0.5) is 0 Å². The van der Waals surface area contributed by atoms with Crippen molar-refractivity contribution in [1.29, 1.82) is 0 Å². The Morgan fingerprint density at radius 2 is 2.20 bits per heavy atom. The Labute approximate surface area is 146 Å². The second-order valence-electron chi connectivity index (χ2n) is 6.51. The van der Waals surface area contributed by atoms with Gasteiger partial charge in [0, 0.05) is 29.3 Å². The van der Waals surface area contributed by atoms with Gasteiger partial charge in [-0.1, -0.05) is 18.2 Å². The molecule has 1 aliphatic carbocycles. The normalized spacial score (nSPS) is 16.6. The molecule has 6 heteroatoms. The lowest BCUT2D eigenvalue weighted by Gasteiger charge is -2.25. The largest absolute Gasteiger partial charge is 0.349 e. The maximum Gasteiger partial charge on any atom is 0.222 e. The summed E-state index contributed by atoms with van der Waals surface area (Å²) in [4.78, 5) is 21.2. The first-order chi connectivity index (χ1) is 12.2. The molecular weight excluding hydrogens is 314 g/mol. The van der Waals surface area contributed by atoms with Crippen molar-refractivity contribution >= 4 is 16.8 Å². The number of aromatic nitrogens is 4. The highest BCUT2D eigenvalue weighted by molar-refractivity contribution is 5.79. The smallest absolute Gasteiger partial charge is 0.222 e. The number of benzene rings is 1. The van der Waals surface area contributed by atoms with Crippen LogP contribution in [0.1, 0.15) is 42.4 Å². The molecule has 1 aliphatic rings. The minimum absolute atomic E-state index is 0.0196. The summed E-state index contributed by atoms with van der Waals surface area (Å²) in [5.41, 5.74) is 3.19. The Bertz CT molecular complexity index is 917. The lowest BCUT2D eigenvalue weighted by Crippen LogP contribution is -2.32. The maximum atomic E-state index is 12.4. The van der Waals surface area contributed by atoms with Crippen molar-refractivity contribution in [1.82, 2.24) is 25.1 Å². The number of para-hydroxylation sites is 1. The number of aryl methyl sites for hydroxylation is 3. The topological polar surface area (TPSA) is 72.7 Å². The minimum atomic E-state index is 0.0196. The van der Waals surface area contributed by atoms with Gasteiger partial charge in [-0.2, -0.15) is 5.10 Å². The summed E-state index contributed by atoms with van der Waals surface area (Å²) in [6.45, 7) is 2.47. The fraction of sp³-hybridized carbons (Fsp3) is 0.368. The molecule has 2 heterocycles. The second kappa shape index (κ2) is 6.63. The van der Waals surface area contributed by atoms with Crippen LogP contribution in [-0.4, -0.2) is 25.7 Å². The Hall–Kier alpha value is -2.76. The fourth-order valence-electron chi connectivity index (χ4n) is 3.47. The molecule has 4 rings (SSSR count). The summed E-state index contributed by atoms with van der Waals surface area (Å²) < 4.78 is 1.89. The molecule has 6 nitrogen and oxygen atoms in total. The molecular formula is C19H21N5O. The molecule has 0 bridgehead atoms. The van der Waals surface area contributed by atoms with Crippen LogP contribution in [0.15, 0.2) is 36.7 Å². The van der Waals surface area contributed by atoms with Gasteiger partial charge >= 0.3 is 0 Å².